The molecular formula is C22H23N3O2. The van der Waals surface area contributed by atoms with Crippen LogP contribution in [0, 0.1) is 5.92 Å². The van der Waals surface area contributed by atoms with Gasteiger partial charge in [0.1, 0.15) is 0 Å². The molecule has 1 saturated heterocycles. The maximum Gasteiger partial charge on any atom is 0.253 e. The number of aryl methyl sites for hydroxylation is 1. The molecule has 2 aromatic carbocycles. The highest BCUT2D eigenvalue weighted by Gasteiger charge is 2.27. The minimum absolute atomic E-state index is 0.0383. The first-order chi connectivity index (χ1) is 13.0. The summed E-state index contributed by atoms with van der Waals surface area (Å²) in [5.74, 6) is -0.604. The second-order valence-corrected chi connectivity index (χ2v) is 7.27. The Balaban J connectivity index is 1.61. The van der Waals surface area contributed by atoms with Gasteiger partial charge in [-0.25, -0.2) is 0 Å². The molecule has 5 heteroatoms. The number of hydrogen-bond acceptors (Lipinski definition) is 2. The fourth-order valence-corrected chi connectivity index (χ4v) is 3.87. The molecule has 0 radical (unpaired) electrons. The molecule has 138 valence electrons. The number of nitrogens with zero attached hydrogens (tertiary/aromatic N) is 2. The second kappa shape index (κ2) is 6.91. The van der Waals surface area contributed by atoms with Crippen LogP contribution in [0.1, 0.15) is 23.2 Å². The van der Waals surface area contributed by atoms with Crippen molar-refractivity contribution < 1.29 is 9.59 Å². The maximum atomic E-state index is 12.9. The summed E-state index contributed by atoms with van der Waals surface area (Å²) in [7, 11) is 2.03. The Morgan fingerprint density at radius 1 is 1.07 bits per heavy atom. The molecule has 0 bridgehead atoms. The number of aromatic nitrogens is 1. The van der Waals surface area contributed by atoms with Crippen molar-refractivity contribution in [2.45, 2.75) is 12.8 Å². The lowest BCUT2D eigenvalue weighted by Gasteiger charge is -2.31. The molecule has 1 aromatic heterocycles. The molecule has 3 aromatic rings. The predicted octanol–water partition coefficient (Wildman–Crippen LogP) is 3.18. The molecule has 27 heavy (non-hydrogen) atoms. The van der Waals surface area contributed by atoms with Crippen LogP contribution in [0.5, 0.6) is 0 Å². The summed E-state index contributed by atoms with van der Waals surface area (Å²) in [6.07, 6.45) is 3.61. The third kappa shape index (κ3) is 3.33. The van der Waals surface area contributed by atoms with Crippen LogP contribution in [0.3, 0.4) is 0 Å². The number of likely N-dealkylation sites (tertiary alicyclic amines) is 1. The van der Waals surface area contributed by atoms with Gasteiger partial charge in [0.25, 0.3) is 5.91 Å². The number of amides is 2. The lowest BCUT2D eigenvalue weighted by Crippen LogP contribution is -2.44. The molecule has 1 aliphatic rings. The van der Waals surface area contributed by atoms with Crippen molar-refractivity contribution in [3.05, 3.63) is 60.3 Å². The van der Waals surface area contributed by atoms with Gasteiger partial charge >= 0.3 is 0 Å². The molecular weight excluding hydrogens is 338 g/mol. The summed E-state index contributed by atoms with van der Waals surface area (Å²) in [6.45, 7) is 1.08. The zero-order valence-corrected chi connectivity index (χ0v) is 15.4. The standard InChI is InChI=1S/C22H23N3O2/c1-24-11-9-17-12-16(7-8-20(17)24)15-4-2-5-18(13-15)22(27)25-10-3-6-19(14-25)21(23)26/h2,4-5,7-9,11-13,19H,3,6,10,14H2,1H3,(H2,23,26). The number of hydrogen-bond donors (Lipinski definition) is 1. The maximum absolute atomic E-state index is 12.9. The molecule has 5 nitrogen and oxygen atoms in total. The Morgan fingerprint density at radius 3 is 2.70 bits per heavy atom. The fraction of sp³-hybridized carbons (Fsp3) is 0.273. The van der Waals surface area contributed by atoms with Gasteiger partial charge in [0, 0.05) is 42.8 Å². The van der Waals surface area contributed by atoms with E-state index in [1.54, 1.807) is 4.90 Å². The first-order valence-electron chi connectivity index (χ1n) is 9.27. The van der Waals surface area contributed by atoms with Crippen molar-refractivity contribution in [3.8, 4) is 11.1 Å². The average Bonchev–Trinajstić information content (AvgIpc) is 3.08. The summed E-state index contributed by atoms with van der Waals surface area (Å²) in [6, 6.07) is 16.1. The minimum atomic E-state index is -0.322. The van der Waals surface area contributed by atoms with Crippen molar-refractivity contribution in [1.82, 2.24) is 9.47 Å². The molecule has 0 spiro atoms. The Bertz CT molecular complexity index is 1020. The van der Waals surface area contributed by atoms with Crippen LogP contribution in [-0.2, 0) is 11.8 Å². The van der Waals surface area contributed by atoms with Gasteiger partial charge in [-0.2, -0.15) is 0 Å². The molecule has 0 saturated carbocycles. The number of primary amides is 1. The fourth-order valence-electron chi connectivity index (χ4n) is 3.87. The van der Waals surface area contributed by atoms with E-state index in [1.807, 2.05) is 37.5 Å². The minimum Gasteiger partial charge on any atom is -0.369 e. The van der Waals surface area contributed by atoms with Gasteiger partial charge in [0.05, 0.1) is 5.92 Å². The van der Waals surface area contributed by atoms with Gasteiger partial charge in [-0.15, -0.1) is 0 Å². The molecule has 1 fully saturated rings. The quantitative estimate of drug-likeness (QED) is 0.778. The Morgan fingerprint density at radius 2 is 1.89 bits per heavy atom. The van der Waals surface area contributed by atoms with Crippen LogP contribution in [0.4, 0.5) is 0 Å². The number of benzene rings is 2. The number of nitrogens with two attached hydrogens (primary N) is 1. The van der Waals surface area contributed by atoms with Crippen LogP contribution in [0.15, 0.2) is 54.7 Å². The van der Waals surface area contributed by atoms with Crippen molar-refractivity contribution in [2.75, 3.05) is 13.1 Å². The van der Waals surface area contributed by atoms with E-state index < -0.39 is 0 Å². The summed E-state index contributed by atoms with van der Waals surface area (Å²) in [5, 5.41) is 1.17. The first kappa shape index (κ1) is 17.3. The Hall–Kier alpha value is -3.08. The normalized spacial score (nSPS) is 17.2. The van der Waals surface area contributed by atoms with E-state index in [1.165, 1.54) is 10.9 Å². The Labute approximate surface area is 158 Å². The largest absolute Gasteiger partial charge is 0.369 e. The van der Waals surface area contributed by atoms with Gasteiger partial charge in [-0.1, -0.05) is 18.2 Å². The highest BCUT2D eigenvalue weighted by Crippen LogP contribution is 2.26. The molecule has 1 atom stereocenters. The van der Waals surface area contributed by atoms with Crippen molar-refractivity contribution in [3.63, 3.8) is 0 Å². The van der Waals surface area contributed by atoms with E-state index in [2.05, 4.69) is 28.8 Å². The molecule has 2 N–H and O–H groups in total. The molecule has 1 unspecified atom stereocenters. The first-order valence-corrected chi connectivity index (χ1v) is 9.27. The van der Waals surface area contributed by atoms with Crippen molar-refractivity contribution in [2.24, 2.45) is 18.7 Å². The summed E-state index contributed by atoms with van der Waals surface area (Å²) < 4.78 is 2.09. The van der Waals surface area contributed by atoms with Gasteiger partial charge in [-0.05, 0) is 54.3 Å². The third-order valence-electron chi connectivity index (χ3n) is 5.44. The van der Waals surface area contributed by atoms with Gasteiger partial charge in [0.15, 0.2) is 0 Å². The number of carbonyl (C=O) groups excluding carboxylic acids is 2. The summed E-state index contributed by atoms with van der Waals surface area (Å²) >= 11 is 0. The molecule has 1 aliphatic heterocycles. The van der Waals surface area contributed by atoms with Crippen LogP contribution >= 0.6 is 0 Å². The van der Waals surface area contributed by atoms with E-state index >= 15 is 0 Å². The van der Waals surface area contributed by atoms with E-state index in [4.69, 9.17) is 5.73 Å². The van der Waals surface area contributed by atoms with E-state index in [9.17, 15) is 9.59 Å². The van der Waals surface area contributed by atoms with Gasteiger partial charge < -0.3 is 15.2 Å². The average molecular weight is 361 g/mol. The SMILES string of the molecule is Cn1ccc2cc(-c3cccc(C(=O)N4CCCC(C(N)=O)C4)c3)ccc21. The van der Waals surface area contributed by atoms with E-state index in [0.717, 1.165) is 24.0 Å². The zero-order chi connectivity index (χ0) is 19.0. The van der Waals surface area contributed by atoms with Crippen LogP contribution < -0.4 is 5.73 Å². The lowest BCUT2D eigenvalue weighted by molar-refractivity contribution is -0.123. The smallest absolute Gasteiger partial charge is 0.253 e. The number of fused-ring (bicyclic) bond motifs is 1. The number of carbonyl (C=O) groups is 2. The van der Waals surface area contributed by atoms with Crippen LogP contribution in [-0.4, -0.2) is 34.4 Å². The highest BCUT2D eigenvalue weighted by atomic mass is 16.2. The monoisotopic (exact) mass is 361 g/mol. The summed E-state index contributed by atoms with van der Waals surface area (Å²) in [4.78, 5) is 26.2. The summed E-state index contributed by atoms with van der Waals surface area (Å²) in [5.41, 5.74) is 9.35. The molecule has 2 heterocycles. The topological polar surface area (TPSA) is 68.3 Å². The number of piperidine rings is 1. The number of rotatable bonds is 3. The third-order valence-corrected chi connectivity index (χ3v) is 5.44. The van der Waals surface area contributed by atoms with Crippen LogP contribution in [0.25, 0.3) is 22.0 Å². The van der Waals surface area contributed by atoms with Gasteiger partial charge in [-0.3, -0.25) is 9.59 Å². The Kier molecular flexibility index (Phi) is 4.44. The van der Waals surface area contributed by atoms with Crippen LogP contribution in [0.2, 0.25) is 0 Å². The molecule has 2 amide bonds. The van der Waals surface area contributed by atoms with E-state index in [-0.39, 0.29) is 17.7 Å². The second-order valence-electron chi connectivity index (χ2n) is 7.27. The van der Waals surface area contributed by atoms with E-state index in [0.29, 0.717) is 18.7 Å². The van der Waals surface area contributed by atoms with Crippen molar-refractivity contribution >= 4 is 22.7 Å². The highest BCUT2D eigenvalue weighted by molar-refractivity contribution is 5.96. The predicted molar refractivity (Wildman–Crippen MR) is 106 cm³/mol. The zero-order valence-electron chi connectivity index (χ0n) is 15.4. The van der Waals surface area contributed by atoms with Gasteiger partial charge in [0.2, 0.25) is 5.91 Å². The molecule has 0 aliphatic carbocycles. The lowest BCUT2D eigenvalue weighted by atomic mass is 9.96. The van der Waals surface area contributed by atoms with Crippen molar-refractivity contribution in [1.29, 1.82) is 0 Å². The molecule has 4 rings (SSSR count).